The third-order valence-corrected chi connectivity index (χ3v) is 7.37. The van der Waals surface area contributed by atoms with Gasteiger partial charge in [0.2, 0.25) is 17.7 Å². The summed E-state index contributed by atoms with van der Waals surface area (Å²) in [5.41, 5.74) is 3.83. The molecule has 2 aliphatic heterocycles. The van der Waals surface area contributed by atoms with Crippen LogP contribution in [-0.4, -0.2) is 43.5 Å². The molecule has 2 atom stereocenters. The molecule has 1 saturated heterocycles. The lowest BCUT2D eigenvalue weighted by molar-refractivity contribution is -0.121. The second-order valence-corrected chi connectivity index (χ2v) is 10.3. The van der Waals surface area contributed by atoms with E-state index in [1.807, 2.05) is 32.0 Å². The molecule has 3 N–H and O–H groups in total. The van der Waals surface area contributed by atoms with Crippen LogP contribution < -0.4 is 20.1 Å². The van der Waals surface area contributed by atoms with Crippen molar-refractivity contribution in [1.82, 2.24) is 15.3 Å². The van der Waals surface area contributed by atoms with Crippen LogP contribution >= 0.6 is 0 Å². The van der Waals surface area contributed by atoms with Crippen LogP contribution in [0.4, 0.5) is 11.6 Å². The van der Waals surface area contributed by atoms with E-state index in [2.05, 4.69) is 25.3 Å². The summed E-state index contributed by atoms with van der Waals surface area (Å²) in [5.74, 6) is -0.370. The first-order valence-electron chi connectivity index (χ1n) is 11.1. The Morgan fingerprint density at radius 1 is 1.00 bits per heavy atom. The Balaban J connectivity index is 1.65. The van der Waals surface area contributed by atoms with E-state index in [0.717, 1.165) is 16.7 Å². The van der Waals surface area contributed by atoms with Crippen LogP contribution in [0.1, 0.15) is 17.5 Å². The van der Waals surface area contributed by atoms with Gasteiger partial charge in [-0.2, -0.15) is 4.98 Å². The Labute approximate surface area is 198 Å². The number of piperidine rings is 1. The number of amides is 1. The summed E-state index contributed by atoms with van der Waals surface area (Å²) in [6.07, 6.45) is 0.187. The third kappa shape index (κ3) is 4.46. The van der Waals surface area contributed by atoms with Crippen molar-refractivity contribution in [1.29, 1.82) is 0 Å². The minimum absolute atomic E-state index is 0.00875. The first-order chi connectivity index (χ1) is 16.3. The number of aryl methyl sites for hydroxylation is 2. The molecule has 1 amide bonds. The normalized spacial score (nSPS) is 21.4. The van der Waals surface area contributed by atoms with Gasteiger partial charge < -0.3 is 15.4 Å². The van der Waals surface area contributed by atoms with E-state index in [0.29, 0.717) is 30.9 Å². The topological polar surface area (TPSA) is 122 Å². The summed E-state index contributed by atoms with van der Waals surface area (Å²) in [4.78, 5) is 21.7. The van der Waals surface area contributed by atoms with Crippen molar-refractivity contribution in [3.63, 3.8) is 0 Å². The number of aromatic nitrogens is 2. The number of hydrogen-bond acceptors (Lipinski definition) is 7. The van der Waals surface area contributed by atoms with Crippen LogP contribution in [0, 0.1) is 19.8 Å². The van der Waals surface area contributed by atoms with Crippen LogP contribution in [0.15, 0.2) is 53.4 Å². The number of rotatable bonds is 1. The average molecular weight is 480 g/mol. The van der Waals surface area contributed by atoms with Gasteiger partial charge in [-0.15, -0.1) is 0 Å². The summed E-state index contributed by atoms with van der Waals surface area (Å²) < 4.78 is 34.9. The lowest BCUT2D eigenvalue weighted by Crippen LogP contribution is -2.46. The van der Waals surface area contributed by atoms with Gasteiger partial charge in [0, 0.05) is 30.4 Å². The van der Waals surface area contributed by atoms with Crippen molar-refractivity contribution in [2.75, 3.05) is 23.1 Å². The van der Waals surface area contributed by atoms with Gasteiger partial charge >= 0.3 is 0 Å². The van der Waals surface area contributed by atoms with Crippen LogP contribution in [0.3, 0.4) is 0 Å². The van der Waals surface area contributed by atoms with E-state index in [1.165, 1.54) is 12.1 Å². The van der Waals surface area contributed by atoms with Crippen molar-refractivity contribution in [2.45, 2.75) is 31.3 Å². The average Bonchev–Trinajstić information content (AvgIpc) is 2.78. The molecule has 2 aliphatic rings. The zero-order valence-electron chi connectivity index (χ0n) is 18.8. The van der Waals surface area contributed by atoms with Crippen molar-refractivity contribution in [3.05, 3.63) is 59.7 Å². The van der Waals surface area contributed by atoms with E-state index >= 15 is 0 Å². The fraction of sp³-hybridized carbons (Fsp3) is 0.292. The summed E-state index contributed by atoms with van der Waals surface area (Å²) in [6.45, 7) is 5.00. The Kier molecular flexibility index (Phi) is 5.70. The van der Waals surface area contributed by atoms with Crippen molar-refractivity contribution < 1.29 is 17.9 Å². The Bertz CT molecular complexity index is 1360. The highest BCUT2D eigenvalue weighted by Crippen LogP contribution is 2.30. The van der Waals surface area contributed by atoms with Gasteiger partial charge in [0.05, 0.1) is 16.5 Å². The SMILES string of the molecule is Cc1cccc(C)c1-c1cc2nc(n1)NS(=O)(=O)c1cccc(c1)NC(=O)[C@H]1CNC[C@H](C1)O2. The number of carbonyl (C=O) groups is 1. The van der Waals surface area contributed by atoms with Crippen LogP contribution in [0.2, 0.25) is 0 Å². The second-order valence-electron chi connectivity index (χ2n) is 8.64. The number of fused-ring (bicyclic) bond motifs is 6. The van der Waals surface area contributed by atoms with Crippen molar-refractivity contribution >= 4 is 27.6 Å². The van der Waals surface area contributed by atoms with Gasteiger partial charge in [0.25, 0.3) is 10.0 Å². The number of anilines is 2. The molecule has 0 unspecified atom stereocenters. The summed E-state index contributed by atoms with van der Waals surface area (Å²) in [7, 11) is -4.02. The predicted octanol–water partition coefficient (Wildman–Crippen LogP) is 2.87. The maximum atomic E-state index is 13.1. The number of nitrogens with one attached hydrogen (secondary N) is 3. The zero-order chi connectivity index (χ0) is 23.9. The molecule has 6 bridgehead atoms. The number of benzene rings is 2. The second kappa shape index (κ2) is 8.69. The molecular formula is C24H25N5O4S. The fourth-order valence-electron chi connectivity index (χ4n) is 4.40. The number of hydrogen-bond donors (Lipinski definition) is 3. The van der Waals surface area contributed by atoms with E-state index in [1.54, 1.807) is 18.2 Å². The molecule has 2 aromatic carbocycles. The van der Waals surface area contributed by atoms with Crippen LogP contribution in [-0.2, 0) is 14.8 Å². The number of nitrogens with zero attached hydrogens (tertiary/aromatic N) is 2. The molecule has 5 rings (SSSR count). The smallest absolute Gasteiger partial charge is 0.264 e. The molecule has 3 heterocycles. The largest absolute Gasteiger partial charge is 0.473 e. The lowest BCUT2D eigenvalue weighted by Gasteiger charge is -2.29. The number of carbonyl (C=O) groups excluding carboxylic acids is 1. The molecule has 9 nitrogen and oxygen atoms in total. The van der Waals surface area contributed by atoms with E-state index in [9.17, 15) is 13.2 Å². The minimum atomic E-state index is -4.02. The maximum absolute atomic E-state index is 13.1. The van der Waals surface area contributed by atoms with Crippen LogP contribution in [0.5, 0.6) is 5.88 Å². The molecule has 0 saturated carbocycles. The molecule has 176 valence electrons. The fourth-order valence-corrected chi connectivity index (χ4v) is 5.39. The summed E-state index contributed by atoms with van der Waals surface area (Å²) in [6, 6.07) is 13.7. The van der Waals surface area contributed by atoms with Crippen LogP contribution in [0.25, 0.3) is 11.3 Å². The Hall–Kier alpha value is -3.50. The predicted molar refractivity (Wildman–Crippen MR) is 128 cm³/mol. The van der Waals surface area contributed by atoms with Gasteiger partial charge in [-0.3, -0.25) is 4.79 Å². The van der Waals surface area contributed by atoms with Crippen molar-refractivity contribution in [2.24, 2.45) is 5.92 Å². The van der Waals surface area contributed by atoms with E-state index in [-0.39, 0.29) is 34.7 Å². The highest BCUT2D eigenvalue weighted by atomic mass is 32.2. The summed E-state index contributed by atoms with van der Waals surface area (Å²) in [5, 5.41) is 6.07. The minimum Gasteiger partial charge on any atom is -0.473 e. The molecule has 10 heteroatoms. The summed E-state index contributed by atoms with van der Waals surface area (Å²) >= 11 is 0. The third-order valence-electron chi connectivity index (χ3n) is 6.05. The van der Waals surface area contributed by atoms with E-state index in [4.69, 9.17) is 4.74 Å². The molecule has 0 radical (unpaired) electrons. The first kappa shape index (κ1) is 22.3. The van der Waals surface area contributed by atoms with Gasteiger partial charge in [-0.05, 0) is 49.6 Å². The molecule has 3 aromatic rings. The van der Waals surface area contributed by atoms with Gasteiger partial charge in [0.15, 0.2) is 0 Å². The number of ether oxygens (including phenoxy) is 1. The highest BCUT2D eigenvalue weighted by Gasteiger charge is 2.30. The molecule has 34 heavy (non-hydrogen) atoms. The number of sulfonamides is 1. The van der Waals surface area contributed by atoms with Crippen molar-refractivity contribution in [3.8, 4) is 17.1 Å². The molecule has 0 aliphatic carbocycles. The van der Waals surface area contributed by atoms with Gasteiger partial charge in [-0.1, -0.05) is 24.3 Å². The van der Waals surface area contributed by atoms with Gasteiger partial charge in [-0.25, -0.2) is 18.1 Å². The highest BCUT2D eigenvalue weighted by molar-refractivity contribution is 7.92. The first-order valence-corrected chi connectivity index (χ1v) is 12.5. The Morgan fingerprint density at radius 3 is 2.56 bits per heavy atom. The molecule has 0 spiro atoms. The standard InChI is InChI=1S/C24H25N5O4S/c1-14-5-3-6-15(2)22(14)20-11-21-28-24(27-20)29-34(31,32)19-8-4-7-17(10-19)26-23(30)16-9-18(33-21)13-25-12-16/h3-8,10-11,16,18,25H,9,12-13H2,1-2H3,(H,26,30)(H,27,28,29)/t16-,18+/m1/s1. The maximum Gasteiger partial charge on any atom is 0.264 e. The van der Waals surface area contributed by atoms with E-state index < -0.39 is 10.0 Å². The molecular weight excluding hydrogens is 454 g/mol. The molecule has 1 aromatic heterocycles. The molecule has 1 fully saturated rings. The quantitative estimate of drug-likeness (QED) is 0.491. The monoisotopic (exact) mass is 479 g/mol. The zero-order valence-corrected chi connectivity index (χ0v) is 19.6. The van der Waals surface area contributed by atoms with Gasteiger partial charge in [0.1, 0.15) is 6.10 Å². The Morgan fingerprint density at radius 2 is 1.76 bits per heavy atom. The lowest BCUT2D eigenvalue weighted by atomic mass is 9.96.